The molecule has 7 heteroatoms. The van der Waals surface area contributed by atoms with Crippen molar-refractivity contribution in [2.24, 2.45) is 0 Å². The van der Waals surface area contributed by atoms with E-state index in [0.717, 1.165) is 20.9 Å². The molecule has 0 saturated carbocycles. The van der Waals surface area contributed by atoms with Crippen LogP contribution in [-0.2, 0) is 16.6 Å². The number of nitrogens with one attached hydrogen (secondary N) is 2. The number of rotatable bonds is 4. The van der Waals surface area contributed by atoms with E-state index in [-0.39, 0.29) is 11.4 Å². The van der Waals surface area contributed by atoms with Gasteiger partial charge >= 0.3 is 0 Å². The molecule has 0 saturated heterocycles. The molecule has 2 aromatic carbocycles. The summed E-state index contributed by atoms with van der Waals surface area (Å²) in [5, 5.41) is 1.47. The Kier molecular flexibility index (Phi) is 4.27. The Bertz CT molecular complexity index is 920. The number of halogens is 2. The van der Waals surface area contributed by atoms with Gasteiger partial charge in [0.05, 0.1) is 4.90 Å². The third kappa shape index (κ3) is 3.05. The molecule has 2 N–H and O–H groups in total. The van der Waals surface area contributed by atoms with Crippen molar-refractivity contribution < 1.29 is 8.42 Å². The Morgan fingerprint density at radius 3 is 2.59 bits per heavy atom. The van der Waals surface area contributed by atoms with E-state index in [1.807, 2.05) is 18.2 Å². The number of aromatic nitrogens is 1. The quantitative estimate of drug-likeness (QED) is 0.695. The highest BCUT2D eigenvalue weighted by Crippen LogP contribution is 2.27. The van der Waals surface area contributed by atoms with Crippen LogP contribution in [0.4, 0.5) is 0 Å². The molecular weight excluding hydrogens is 388 g/mol. The minimum atomic E-state index is -3.57. The normalized spacial score (nSPS) is 11.9. The van der Waals surface area contributed by atoms with Crippen LogP contribution in [0.3, 0.4) is 0 Å². The van der Waals surface area contributed by atoms with E-state index >= 15 is 0 Å². The van der Waals surface area contributed by atoms with Crippen LogP contribution in [0.5, 0.6) is 0 Å². The predicted molar refractivity (Wildman–Crippen MR) is 91.5 cm³/mol. The third-order valence-corrected chi connectivity index (χ3v) is 5.64. The fourth-order valence-electron chi connectivity index (χ4n) is 2.22. The highest BCUT2D eigenvalue weighted by atomic mass is 79.9. The summed E-state index contributed by atoms with van der Waals surface area (Å²) in [4.78, 5) is 3.32. The summed E-state index contributed by atoms with van der Waals surface area (Å²) in [5.41, 5.74) is 1.83. The molecule has 0 bridgehead atoms. The van der Waals surface area contributed by atoms with Gasteiger partial charge in [-0.25, -0.2) is 13.1 Å². The molecule has 0 atom stereocenters. The zero-order valence-electron chi connectivity index (χ0n) is 11.3. The highest BCUT2D eigenvalue weighted by molar-refractivity contribution is 9.10. The summed E-state index contributed by atoms with van der Waals surface area (Å²) < 4.78 is 28.1. The van der Waals surface area contributed by atoms with E-state index in [9.17, 15) is 8.42 Å². The van der Waals surface area contributed by atoms with E-state index in [0.29, 0.717) is 5.02 Å². The van der Waals surface area contributed by atoms with Gasteiger partial charge in [0, 0.05) is 33.1 Å². The zero-order chi connectivity index (χ0) is 15.7. The van der Waals surface area contributed by atoms with Crippen molar-refractivity contribution in [1.29, 1.82) is 0 Å². The van der Waals surface area contributed by atoms with Crippen LogP contribution in [0.1, 0.15) is 5.56 Å². The number of sulfonamides is 1. The Morgan fingerprint density at radius 1 is 1.14 bits per heavy atom. The number of fused-ring (bicyclic) bond motifs is 1. The lowest BCUT2D eigenvalue weighted by Gasteiger charge is -2.07. The molecule has 0 aliphatic carbocycles. The fourth-order valence-corrected chi connectivity index (χ4v) is 3.97. The van der Waals surface area contributed by atoms with Crippen molar-refractivity contribution >= 4 is 48.5 Å². The average molecular weight is 400 g/mol. The maximum Gasteiger partial charge on any atom is 0.240 e. The monoisotopic (exact) mass is 398 g/mol. The smallest absolute Gasteiger partial charge is 0.240 e. The van der Waals surface area contributed by atoms with Gasteiger partial charge in [0.2, 0.25) is 10.0 Å². The number of hydrogen-bond donors (Lipinski definition) is 2. The van der Waals surface area contributed by atoms with Crippen LogP contribution < -0.4 is 4.72 Å². The molecule has 3 rings (SSSR count). The highest BCUT2D eigenvalue weighted by Gasteiger charge is 2.15. The van der Waals surface area contributed by atoms with Gasteiger partial charge in [-0.05, 0) is 42.0 Å². The van der Waals surface area contributed by atoms with Crippen LogP contribution in [0, 0.1) is 0 Å². The van der Waals surface area contributed by atoms with Gasteiger partial charge in [0.1, 0.15) is 0 Å². The first-order valence-electron chi connectivity index (χ1n) is 6.47. The van der Waals surface area contributed by atoms with Crippen LogP contribution in [0.15, 0.2) is 58.0 Å². The van der Waals surface area contributed by atoms with E-state index in [4.69, 9.17) is 11.6 Å². The van der Waals surface area contributed by atoms with Crippen molar-refractivity contribution in [3.63, 3.8) is 0 Å². The van der Waals surface area contributed by atoms with Gasteiger partial charge in [-0.3, -0.25) is 0 Å². The Balaban J connectivity index is 1.86. The molecule has 0 aliphatic heterocycles. The number of hydrogen-bond acceptors (Lipinski definition) is 2. The standard InChI is InChI=1S/C15H12BrClN2O2S/c16-13-2-1-3-14-15(13)10(8-18-14)9-19-22(20,21)12-6-4-11(17)5-7-12/h1-8,18-19H,9H2. The molecule has 22 heavy (non-hydrogen) atoms. The summed E-state index contributed by atoms with van der Waals surface area (Å²) >= 11 is 9.27. The largest absolute Gasteiger partial charge is 0.361 e. The second-order valence-corrected chi connectivity index (χ2v) is 7.81. The molecule has 114 valence electrons. The number of H-pyrrole nitrogens is 1. The fraction of sp³-hybridized carbons (Fsp3) is 0.0667. The first-order chi connectivity index (χ1) is 10.5. The van der Waals surface area contributed by atoms with Crippen molar-refractivity contribution in [2.75, 3.05) is 0 Å². The maximum absolute atomic E-state index is 12.3. The molecule has 0 fully saturated rings. The van der Waals surface area contributed by atoms with Crippen LogP contribution in [0.2, 0.25) is 5.02 Å². The van der Waals surface area contributed by atoms with Gasteiger partial charge in [0.15, 0.2) is 0 Å². The first kappa shape index (κ1) is 15.6. The molecule has 0 spiro atoms. The van der Waals surface area contributed by atoms with Crippen LogP contribution >= 0.6 is 27.5 Å². The molecule has 0 unspecified atom stereocenters. The number of benzene rings is 2. The second-order valence-electron chi connectivity index (χ2n) is 4.75. The topological polar surface area (TPSA) is 62.0 Å². The maximum atomic E-state index is 12.3. The summed E-state index contributed by atoms with van der Waals surface area (Å²) in [5.74, 6) is 0. The Labute approximate surface area is 141 Å². The molecular formula is C15H12BrClN2O2S. The average Bonchev–Trinajstić information content (AvgIpc) is 2.90. The van der Waals surface area contributed by atoms with Crippen molar-refractivity contribution in [2.45, 2.75) is 11.4 Å². The molecule has 0 aliphatic rings. The van der Waals surface area contributed by atoms with Crippen molar-refractivity contribution in [3.05, 3.63) is 63.7 Å². The molecule has 0 amide bonds. The van der Waals surface area contributed by atoms with Crippen molar-refractivity contribution in [1.82, 2.24) is 9.71 Å². The van der Waals surface area contributed by atoms with E-state index in [1.165, 1.54) is 12.1 Å². The summed E-state index contributed by atoms with van der Waals surface area (Å²) in [7, 11) is -3.57. The SMILES string of the molecule is O=S(=O)(NCc1c[nH]c2cccc(Br)c12)c1ccc(Cl)cc1. The van der Waals surface area contributed by atoms with Gasteiger partial charge in [-0.2, -0.15) is 0 Å². The molecule has 0 radical (unpaired) electrons. The van der Waals surface area contributed by atoms with Crippen LogP contribution in [0.25, 0.3) is 10.9 Å². The summed E-state index contributed by atoms with van der Waals surface area (Å²) in [6, 6.07) is 11.9. The van der Waals surface area contributed by atoms with Gasteiger partial charge in [0.25, 0.3) is 0 Å². The van der Waals surface area contributed by atoms with Gasteiger partial charge in [-0.1, -0.05) is 33.6 Å². The first-order valence-corrected chi connectivity index (χ1v) is 9.12. The van der Waals surface area contributed by atoms with E-state index < -0.39 is 10.0 Å². The molecule has 3 aromatic rings. The minimum absolute atomic E-state index is 0.191. The summed E-state index contributed by atoms with van der Waals surface area (Å²) in [6.07, 6.45) is 1.81. The van der Waals surface area contributed by atoms with Crippen molar-refractivity contribution in [3.8, 4) is 0 Å². The zero-order valence-corrected chi connectivity index (χ0v) is 14.5. The van der Waals surface area contributed by atoms with E-state index in [1.54, 1.807) is 18.3 Å². The lowest BCUT2D eigenvalue weighted by atomic mass is 10.2. The third-order valence-electron chi connectivity index (χ3n) is 3.31. The molecule has 4 nitrogen and oxygen atoms in total. The molecule has 1 heterocycles. The summed E-state index contributed by atoms with van der Waals surface area (Å²) in [6.45, 7) is 0.202. The number of aromatic amines is 1. The molecule has 1 aromatic heterocycles. The Hall–Kier alpha value is -1.34. The lowest BCUT2D eigenvalue weighted by molar-refractivity contribution is 0.581. The van der Waals surface area contributed by atoms with Crippen LogP contribution in [-0.4, -0.2) is 13.4 Å². The van der Waals surface area contributed by atoms with Gasteiger partial charge < -0.3 is 4.98 Å². The Morgan fingerprint density at radius 2 is 1.86 bits per heavy atom. The minimum Gasteiger partial charge on any atom is -0.361 e. The predicted octanol–water partition coefficient (Wildman–Crippen LogP) is 4.06. The second kappa shape index (κ2) is 6.04. The van der Waals surface area contributed by atoms with E-state index in [2.05, 4.69) is 25.6 Å². The lowest BCUT2D eigenvalue weighted by Crippen LogP contribution is -2.23. The van der Waals surface area contributed by atoms with Gasteiger partial charge in [-0.15, -0.1) is 0 Å².